The van der Waals surface area contributed by atoms with E-state index < -0.39 is 0 Å². The van der Waals surface area contributed by atoms with E-state index in [4.69, 9.17) is 16.0 Å². The molecule has 2 nitrogen and oxygen atoms in total. The summed E-state index contributed by atoms with van der Waals surface area (Å²) in [6, 6.07) is 12.6. The first-order valence-corrected chi connectivity index (χ1v) is 6.63. The predicted octanol–water partition coefficient (Wildman–Crippen LogP) is 4.35. The molecule has 18 heavy (non-hydrogen) atoms. The Labute approximate surface area is 113 Å². The number of nitrogens with one attached hydrogen (secondary N) is 1. The van der Waals surface area contributed by atoms with Crippen LogP contribution in [0.1, 0.15) is 36.8 Å². The Balaban J connectivity index is 1.92. The first-order chi connectivity index (χ1) is 8.69. The van der Waals surface area contributed by atoms with Crippen molar-refractivity contribution < 1.29 is 4.42 Å². The maximum atomic E-state index is 5.73. The van der Waals surface area contributed by atoms with Crippen LogP contribution in [0.25, 0.3) is 0 Å². The molecule has 96 valence electrons. The van der Waals surface area contributed by atoms with Gasteiger partial charge >= 0.3 is 0 Å². The fraction of sp³-hybridized carbons (Fsp3) is 0.333. The molecule has 0 radical (unpaired) electrons. The zero-order valence-corrected chi connectivity index (χ0v) is 11.5. The minimum Gasteiger partial charge on any atom is -0.448 e. The van der Waals surface area contributed by atoms with Crippen LogP contribution in [-0.2, 0) is 13.0 Å². The lowest BCUT2D eigenvalue weighted by atomic mass is 10.1. The van der Waals surface area contributed by atoms with Gasteiger partial charge in [-0.2, -0.15) is 0 Å². The lowest BCUT2D eigenvalue weighted by Gasteiger charge is -2.13. The molecule has 1 N–H and O–H groups in total. The molecule has 0 saturated heterocycles. The number of rotatable bonds is 5. The fourth-order valence-corrected chi connectivity index (χ4v) is 2.02. The van der Waals surface area contributed by atoms with Gasteiger partial charge in [-0.05, 0) is 48.2 Å². The van der Waals surface area contributed by atoms with Gasteiger partial charge in [0.25, 0.3) is 0 Å². The largest absolute Gasteiger partial charge is 0.448 e. The Hall–Kier alpha value is -1.25. The van der Waals surface area contributed by atoms with Crippen molar-refractivity contribution >= 4 is 11.6 Å². The van der Waals surface area contributed by atoms with Gasteiger partial charge in [-0.25, -0.2) is 0 Å². The van der Waals surface area contributed by atoms with Crippen LogP contribution in [0.5, 0.6) is 0 Å². The summed E-state index contributed by atoms with van der Waals surface area (Å²) >= 11 is 5.73. The molecule has 1 atom stereocenters. The summed E-state index contributed by atoms with van der Waals surface area (Å²) in [6.07, 6.45) is 1.08. The summed E-state index contributed by atoms with van der Waals surface area (Å²) in [5.41, 5.74) is 2.65. The van der Waals surface area contributed by atoms with Crippen molar-refractivity contribution in [2.45, 2.75) is 32.9 Å². The molecule has 3 heteroatoms. The van der Waals surface area contributed by atoms with E-state index in [0.29, 0.717) is 17.8 Å². The Morgan fingerprint density at radius 1 is 1.17 bits per heavy atom. The second-order valence-corrected chi connectivity index (χ2v) is 4.78. The van der Waals surface area contributed by atoms with Gasteiger partial charge < -0.3 is 9.73 Å². The van der Waals surface area contributed by atoms with Crippen LogP contribution in [0.3, 0.4) is 0 Å². The van der Waals surface area contributed by atoms with Crippen molar-refractivity contribution in [1.82, 2.24) is 5.32 Å². The van der Waals surface area contributed by atoms with E-state index in [-0.39, 0.29) is 0 Å². The molecule has 1 heterocycles. The Morgan fingerprint density at radius 3 is 2.44 bits per heavy atom. The highest BCUT2D eigenvalue weighted by Gasteiger charge is 2.06. The van der Waals surface area contributed by atoms with Crippen molar-refractivity contribution in [3.05, 3.63) is 58.5 Å². The summed E-state index contributed by atoms with van der Waals surface area (Å²) in [4.78, 5) is 0. The van der Waals surface area contributed by atoms with Gasteiger partial charge in [0, 0.05) is 6.04 Å². The van der Waals surface area contributed by atoms with E-state index in [1.54, 1.807) is 6.07 Å². The molecule has 0 aliphatic heterocycles. The second kappa shape index (κ2) is 6.07. The molecule has 2 aromatic rings. The van der Waals surface area contributed by atoms with E-state index in [1.807, 2.05) is 6.07 Å². The molecule has 0 spiro atoms. The highest BCUT2D eigenvalue weighted by molar-refractivity contribution is 6.28. The van der Waals surface area contributed by atoms with Gasteiger partial charge in [-0.1, -0.05) is 31.2 Å². The minimum atomic E-state index is 0.291. The Morgan fingerprint density at radius 2 is 1.89 bits per heavy atom. The topological polar surface area (TPSA) is 25.2 Å². The summed E-state index contributed by atoms with van der Waals surface area (Å²) < 4.78 is 5.31. The van der Waals surface area contributed by atoms with Crippen LogP contribution < -0.4 is 5.32 Å². The van der Waals surface area contributed by atoms with Gasteiger partial charge in [0.15, 0.2) is 5.22 Å². The Bertz CT molecular complexity index is 489. The molecule has 0 amide bonds. The number of halogens is 1. The number of hydrogen-bond donors (Lipinski definition) is 1. The van der Waals surface area contributed by atoms with Crippen molar-refractivity contribution in [3.8, 4) is 0 Å². The normalized spacial score (nSPS) is 12.6. The van der Waals surface area contributed by atoms with E-state index in [1.165, 1.54) is 11.1 Å². The van der Waals surface area contributed by atoms with E-state index >= 15 is 0 Å². The third-order valence-corrected chi connectivity index (χ3v) is 3.30. The molecule has 1 aromatic heterocycles. The molecule has 2 rings (SSSR count). The average molecular weight is 264 g/mol. The predicted molar refractivity (Wildman–Crippen MR) is 74.8 cm³/mol. The first kappa shape index (κ1) is 13.2. The van der Waals surface area contributed by atoms with Crippen LogP contribution in [-0.4, -0.2) is 0 Å². The molecule has 0 aliphatic rings. The molecule has 0 fully saturated rings. The zero-order valence-electron chi connectivity index (χ0n) is 10.7. The average Bonchev–Trinajstić information content (AvgIpc) is 2.82. The van der Waals surface area contributed by atoms with E-state index in [9.17, 15) is 0 Å². The maximum Gasteiger partial charge on any atom is 0.193 e. The fourth-order valence-electron chi connectivity index (χ4n) is 1.86. The SMILES string of the molecule is CCc1ccc(C(C)NCc2ccc(Cl)o2)cc1. The number of furan rings is 1. The summed E-state index contributed by atoms with van der Waals surface area (Å²) in [7, 11) is 0. The third-order valence-electron chi connectivity index (χ3n) is 3.10. The molecule has 0 saturated carbocycles. The summed E-state index contributed by atoms with van der Waals surface area (Å²) in [5, 5.41) is 3.85. The van der Waals surface area contributed by atoms with E-state index in [0.717, 1.165) is 12.2 Å². The number of aryl methyl sites for hydroxylation is 1. The van der Waals surface area contributed by atoms with Gasteiger partial charge in [-0.15, -0.1) is 0 Å². The monoisotopic (exact) mass is 263 g/mol. The standard InChI is InChI=1S/C15H18ClNO/c1-3-12-4-6-13(7-5-12)11(2)17-10-14-8-9-15(16)18-14/h4-9,11,17H,3,10H2,1-2H3. The number of hydrogen-bond acceptors (Lipinski definition) is 2. The molecule has 0 bridgehead atoms. The van der Waals surface area contributed by atoms with Crippen LogP contribution in [0, 0.1) is 0 Å². The van der Waals surface area contributed by atoms with Crippen molar-refractivity contribution in [2.24, 2.45) is 0 Å². The number of benzene rings is 1. The lowest BCUT2D eigenvalue weighted by Crippen LogP contribution is -2.17. The highest BCUT2D eigenvalue weighted by Crippen LogP contribution is 2.16. The molecular formula is C15H18ClNO. The molecule has 1 aromatic carbocycles. The summed E-state index contributed by atoms with van der Waals surface area (Å²) in [5.74, 6) is 0.858. The van der Waals surface area contributed by atoms with Gasteiger partial charge in [0.2, 0.25) is 0 Å². The second-order valence-electron chi connectivity index (χ2n) is 4.40. The minimum absolute atomic E-state index is 0.291. The van der Waals surface area contributed by atoms with E-state index in [2.05, 4.69) is 43.4 Å². The van der Waals surface area contributed by atoms with Crippen LogP contribution in [0.4, 0.5) is 0 Å². The first-order valence-electron chi connectivity index (χ1n) is 6.25. The van der Waals surface area contributed by atoms with Crippen molar-refractivity contribution in [2.75, 3.05) is 0 Å². The maximum absolute atomic E-state index is 5.73. The summed E-state index contributed by atoms with van der Waals surface area (Å²) in [6.45, 7) is 4.99. The van der Waals surface area contributed by atoms with Crippen molar-refractivity contribution in [3.63, 3.8) is 0 Å². The highest BCUT2D eigenvalue weighted by atomic mass is 35.5. The van der Waals surface area contributed by atoms with Crippen LogP contribution >= 0.6 is 11.6 Å². The molecular weight excluding hydrogens is 246 g/mol. The van der Waals surface area contributed by atoms with Crippen molar-refractivity contribution in [1.29, 1.82) is 0 Å². The quantitative estimate of drug-likeness (QED) is 0.868. The third kappa shape index (κ3) is 3.37. The smallest absolute Gasteiger partial charge is 0.193 e. The van der Waals surface area contributed by atoms with Gasteiger partial charge in [-0.3, -0.25) is 0 Å². The Kier molecular flexibility index (Phi) is 4.45. The van der Waals surface area contributed by atoms with Crippen LogP contribution in [0.15, 0.2) is 40.8 Å². The lowest BCUT2D eigenvalue weighted by molar-refractivity contribution is 0.461. The van der Waals surface area contributed by atoms with Crippen LogP contribution in [0.2, 0.25) is 5.22 Å². The van der Waals surface area contributed by atoms with Gasteiger partial charge in [0.1, 0.15) is 5.76 Å². The molecule has 0 aliphatic carbocycles. The molecule has 1 unspecified atom stereocenters. The zero-order chi connectivity index (χ0) is 13.0. The van der Waals surface area contributed by atoms with Gasteiger partial charge in [0.05, 0.1) is 6.54 Å².